The summed E-state index contributed by atoms with van der Waals surface area (Å²) in [5.41, 5.74) is 4.34. The van der Waals surface area contributed by atoms with Crippen LogP contribution in [0.25, 0.3) is 33.4 Å². The Balaban J connectivity index is 0.00000222. The molecule has 19 nitrogen and oxygen atoms in total. The molecule has 350 valence electrons. The van der Waals surface area contributed by atoms with Gasteiger partial charge in [0.15, 0.2) is 0 Å². The highest BCUT2D eigenvalue weighted by molar-refractivity contribution is 6.08. The van der Waals surface area contributed by atoms with Crippen LogP contribution >= 0.6 is 0 Å². The average molecular weight is 928 g/mol. The number of ether oxygens (including phenoxy) is 2. The van der Waals surface area contributed by atoms with Crippen LogP contribution < -0.4 is 44.5 Å². The molecule has 2 saturated heterocycles. The monoisotopic (exact) mass is 927 g/mol. The number of aromatic carboxylic acids is 1. The van der Waals surface area contributed by atoms with Crippen LogP contribution in [0.2, 0.25) is 0 Å². The summed E-state index contributed by atoms with van der Waals surface area (Å²) >= 11 is 0. The van der Waals surface area contributed by atoms with E-state index in [1.165, 1.54) is 11.0 Å². The number of nitrogens with zero attached hydrogens (tertiary/aromatic N) is 4. The number of amides is 1. The minimum Gasteiger partial charge on any atom is -0.545 e. The van der Waals surface area contributed by atoms with E-state index >= 15 is 0 Å². The van der Waals surface area contributed by atoms with Gasteiger partial charge in [0.05, 0.1) is 29.8 Å². The summed E-state index contributed by atoms with van der Waals surface area (Å²) in [6.45, 7) is 0.850. The van der Waals surface area contributed by atoms with Gasteiger partial charge >= 0.3 is 24.1 Å². The highest BCUT2D eigenvalue weighted by Crippen LogP contribution is 2.43. The van der Waals surface area contributed by atoms with E-state index in [1.807, 2.05) is 41.3 Å². The average Bonchev–Trinajstić information content (AvgIpc) is 3.25. The summed E-state index contributed by atoms with van der Waals surface area (Å²) in [4.78, 5) is 81.7. The number of carbonyl (C=O) groups is 5. The maximum absolute atomic E-state index is 13.9. The van der Waals surface area contributed by atoms with Gasteiger partial charge in [-0.15, -0.1) is 0 Å². The Bertz CT molecular complexity index is 2960. The molecule has 1 atom stereocenters. The molecule has 4 aliphatic rings. The van der Waals surface area contributed by atoms with Crippen LogP contribution in [0.4, 0.5) is 22.7 Å². The molecule has 1 amide bonds. The molecule has 3 heterocycles. The van der Waals surface area contributed by atoms with Crippen LogP contribution in [0.15, 0.2) is 108 Å². The molecule has 68 heavy (non-hydrogen) atoms. The van der Waals surface area contributed by atoms with Crippen molar-refractivity contribution in [2.45, 2.75) is 18.9 Å². The van der Waals surface area contributed by atoms with Crippen LogP contribution in [-0.4, -0.2) is 117 Å². The number of aliphatic carboxylic acids is 3. The SMILES string of the molecule is CN(CC(=O)O)c1ccc(NC(=O)C2CCN2c2ccc3c(-c4ccccc4C(=O)[O-])c4ccc(=[N+]5CCC5)cc-4oc3c2)cc1OCCOc1ccccc1N(CC(=O)O)CC(=O)O.O=C=O. The van der Waals surface area contributed by atoms with Crippen molar-refractivity contribution in [3.8, 4) is 33.9 Å². The largest absolute Gasteiger partial charge is 0.545 e. The first-order valence-electron chi connectivity index (χ1n) is 21.3. The second kappa shape index (κ2) is 21.1. The summed E-state index contributed by atoms with van der Waals surface area (Å²) in [7, 11) is 1.59. The Morgan fingerprint density at radius 3 is 2.12 bits per heavy atom. The first-order valence-corrected chi connectivity index (χ1v) is 21.3. The number of nitrogens with one attached hydrogen (secondary N) is 1. The van der Waals surface area contributed by atoms with Gasteiger partial charge in [-0.2, -0.15) is 9.59 Å². The Hall–Kier alpha value is -8.70. The molecule has 3 aliphatic heterocycles. The number of rotatable bonds is 18. The summed E-state index contributed by atoms with van der Waals surface area (Å²) in [5, 5.41) is 45.3. The first-order chi connectivity index (χ1) is 32.8. The van der Waals surface area contributed by atoms with Crippen molar-refractivity contribution in [2.75, 3.05) is 79.5 Å². The fourth-order valence-corrected chi connectivity index (χ4v) is 8.19. The van der Waals surface area contributed by atoms with Gasteiger partial charge in [0.2, 0.25) is 11.3 Å². The van der Waals surface area contributed by atoms with Crippen molar-refractivity contribution in [1.82, 2.24) is 4.58 Å². The molecule has 4 aromatic carbocycles. The minimum absolute atomic E-state index is 0.0566. The normalized spacial score (nSPS) is 13.8. The summed E-state index contributed by atoms with van der Waals surface area (Å²) < 4.78 is 20.8. The van der Waals surface area contributed by atoms with E-state index in [-0.39, 0.29) is 54.6 Å². The number of anilines is 4. The number of carboxylic acids is 4. The summed E-state index contributed by atoms with van der Waals surface area (Å²) in [6.07, 6.45) is 1.90. The van der Waals surface area contributed by atoms with Crippen molar-refractivity contribution in [2.24, 2.45) is 0 Å². The molecular formula is C49H45N5O14. The molecule has 2 fully saturated rings. The first kappa shape index (κ1) is 47.3. The molecule has 1 unspecified atom stereocenters. The Labute approximate surface area is 387 Å². The van der Waals surface area contributed by atoms with E-state index in [0.29, 0.717) is 52.2 Å². The van der Waals surface area contributed by atoms with Gasteiger partial charge in [0, 0.05) is 65.2 Å². The zero-order valence-corrected chi connectivity index (χ0v) is 36.6. The quantitative estimate of drug-likeness (QED) is 0.0547. The maximum Gasteiger partial charge on any atom is 0.373 e. The number of hydrogen-bond donors (Lipinski definition) is 4. The molecule has 0 bridgehead atoms. The number of benzene rings is 5. The van der Waals surface area contributed by atoms with Crippen molar-refractivity contribution in [1.29, 1.82) is 0 Å². The van der Waals surface area contributed by atoms with E-state index in [4.69, 9.17) is 23.5 Å². The van der Waals surface area contributed by atoms with Crippen molar-refractivity contribution >= 4 is 69.7 Å². The molecule has 0 spiro atoms. The van der Waals surface area contributed by atoms with E-state index in [0.717, 1.165) is 41.0 Å². The van der Waals surface area contributed by atoms with E-state index in [1.54, 1.807) is 67.7 Å². The lowest BCUT2D eigenvalue weighted by atomic mass is 9.90. The molecule has 8 rings (SSSR count). The summed E-state index contributed by atoms with van der Waals surface area (Å²) in [5.74, 6) is -4.02. The van der Waals surface area contributed by atoms with E-state index in [9.17, 15) is 44.4 Å². The predicted molar refractivity (Wildman–Crippen MR) is 244 cm³/mol. The fraction of sp³-hybridized carbons (Fsp3) is 0.245. The van der Waals surface area contributed by atoms with Crippen molar-refractivity contribution < 1.29 is 67.9 Å². The Morgan fingerprint density at radius 1 is 0.794 bits per heavy atom. The van der Waals surface area contributed by atoms with Crippen LogP contribution in [0.5, 0.6) is 11.5 Å². The second-order valence-corrected chi connectivity index (χ2v) is 15.8. The lowest BCUT2D eigenvalue weighted by Gasteiger charge is -2.41. The minimum atomic E-state index is -1.29. The highest BCUT2D eigenvalue weighted by Gasteiger charge is 2.35. The molecule has 0 aromatic heterocycles. The third-order valence-corrected chi connectivity index (χ3v) is 11.4. The van der Waals surface area contributed by atoms with Gasteiger partial charge in [-0.05, 0) is 54.4 Å². The van der Waals surface area contributed by atoms with Crippen molar-refractivity contribution in [3.05, 3.63) is 114 Å². The smallest absolute Gasteiger partial charge is 0.373 e. The number of likely N-dealkylation sites (N-methyl/N-ethyl adjacent to an activating group) is 1. The van der Waals surface area contributed by atoms with E-state index in [2.05, 4.69) is 9.89 Å². The lowest BCUT2D eigenvalue weighted by Crippen LogP contribution is -2.54. The fourth-order valence-electron chi connectivity index (χ4n) is 8.19. The molecule has 4 N–H and O–H groups in total. The molecular weight excluding hydrogens is 883 g/mol. The van der Waals surface area contributed by atoms with Gasteiger partial charge in [-0.1, -0.05) is 36.4 Å². The van der Waals surface area contributed by atoms with E-state index < -0.39 is 43.0 Å². The van der Waals surface area contributed by atoms with Gasteiger partial charge in [-0.25, -0.2) is 4.58 Å². The molecule has 1 aliphatic carbocycles. The van der Waals surface area contributed by atoms with Crippen LogP contribution in [0.1, 0.15) is 23.2 Å². The topological polar surface area (TPSA) is 260 Å². The predicted octanol–water partition coefficient (Wildman–Crippen LogP) is 3.33. The number of hydrogen-bond acceptors (Lipinski definition) is 14. The number of carboxylic acid groups (broad SMARTS) is 4. The number of carbonyl (C=O) groups excluding carboxylic acids is 4. The Kier molecular flexibility index (Phi) is 14.7. The molecule has 0 saturated carbocycles. The standard InChI is InChI=1S/C48H45N5O12.CO2/c1-50(26-43(54)55)36-16-11-29(23-42(36)64-22-21-63-39-10-5-4-9-37(39)52(27-44(56)57)28-45(58)59)49-47(60)38-17-20-53(38)31-13-15-35-41(25-31)65-40-24-30(51-18-6-19-51)12-14-34(40)46(35)32-7-2-3-8-33(32)48(61)62;2-1-3/h2-5,7-16,23-25,38H,6,17-22,26-28H2,1H3,(H4-,49,54,55,56,57,58,59,60,61,62);. The molecule has 19 heteroatoms. The maximum atomic E-state index is 13.9. The lowest BCUT2D eigenvalue weighted by molar-refractivity contribution is -0.255. The van der Waals surface area contributed by atoms with Crippen LogP contribution in [-0.2, 0) is 28.8 Å². The third-order valence-electron chi connectivity index (χ3n) is 11.4. The number of fused-ring (bicyclic) bond motifs is 2. The Morgan fingerprint density at radius 2 is 1.47 bits per heavy atom. The summed E-state index contributed by atoms with van der Waals surface area (Å²) in [6, 6.07) is 29.1. The number of para-hydroxylation sites is 2. The van der Waals surface area contributed by atoms with Gasteiger partial charge in [-0.3, -0.25) is 19.2 Å². The molecule has 4 aromatic rings. The third kappa shape index (κ3) is 10.7. The van der Waals surface area contributed by atoms with Crippen LogP contribution in [0.3, 0.4) is 0 Å². The highest BCUT2D eigenvalue weighted by atomic mass is 16.5. The zero-order valence-electron chi connectivity index (χ0n) is 36.6. The second-order valence-electron chi connectivity index (χ2n) is 15.8. The molecule has 0 radical (unpaired) electrons. The van der Waals surface area contributed by atoms with Gasteiger partial charge in [0.25, 0.3) is 0 Å². The van der Waals surface area contributed by atoms with Crippen molar-refractivity contribution in [3.63, 3.8) is 0 Å². The van der Waals surface area contributed by atoms with Gasteiger partial charge < -0.3 is 59.1 Å². The zero-order chi connectivity index (χ0) is 48.5. The van der Waals surface area contributed by atoms with Crippen LogP contribution in [0, 0.1) is 0 Å². The van der Waals surface area contributed by atoms with Gasteiger partial charge in [0.1, 0.15) is 74.8 Å².